The summed E-state index contributed by atoms with van der Waals surface area (Å²) in [5.41, 5.74) is -1.71. The highest BCUT2D eigenvalue weighted by Crippen LogP contribution is 2.77. The predicted molar refractivity (Wildman–Crippen MR) is 380 cm³/mol. The molecule has 0 aliphatic rings. The van der Waals surface area contributed by atoms with Gasteiger partial charge in [0.05, 0.1) is 39.6 Å². The van der Waals surface area contributed by atoms with E-state index in [0.29, 0.717) is 22.3 Å². The number of ether oxygens (including phenoxy) is 10. The molecule has 9 N–H and O–H groups in total. The van der Waals surface area contributed by atoms with Gasteiger partial charge in [-0.1, -0.05) is 204 Å². The highest BCUT2D eigenvalue weighted by atomic mass is 31.2. The van der Waals surface area contributed by atoms with Crippen LogP contribution in [0.4, 0.5) is 19.2 Å². The van der Waals surface area contributed by atoms with E-state index in [4.69, 9.17) is 60.9 Å². The first-order valence-electron chi connectivity index (χ1n) is 34.2. The molecule has 598 valence electrons. The Morgan fingerprint density at radius 1 is 0.370 bits per heavy atom. The monoisotopic (exact) mass is 1560 g/mol. The van der Waals surface area contributed by atoms with Gasteiger partial charge >= 0.3 is 75.4 Å². The molecule has 4 rings (SSSR count). The summed E-state index contributed by atoms with van der Waals surface area (Å²) in [4.78, 5) is 144. The highest BCUT2D eigenvalue weighted by Gasteiger charge is 2.66. The van der Waals surface area contributed by atoms with Crippen LogP contribution in [0.1, 0.15) is 118 Å². The number of esters is 6. The molecular formula is C72H100N4O30P2. The molecule has 5 unspecified atom stereocenters. The van der Waals surface area contributed by atoms with Crippen molar-refractivity contribution in [3.8, 4) is 0 Å². The standard InChI is InChI=1S/C72H100N4O30P2/c1-46(2)53(74-66(87)95-37-50-28-19-14-20-29-50)56(77)98-40-69(7,8)43-101-59(80)62(83)104-107(91,92)72(90,34-25-35-73-65(86)94-36-49-26-17-13-18-27-49)108(93,105-63(84)60(81)102-44-70(9,10)41-99-57(78)54(47(3)4)75-67(88)96-38-51-30-21-15-22-31-51)106-64(85)61(82)103-45-71(11,12)42-100-58(79)55(48(5)6)76-68(89)97-39-52-32-23-16-24-33-52/h13-24,26-33,46-48,53-55,62-64,83-85,90H,25,34-45H2,1-12H3,(H,73,86)(H,74,87)(H,75,88)(H,76,89)(H,91,92)/t53-,54-,55-,62?,63?,64?,72?,108?/m0/s1. The highest BCUT2D eigenvalue weighted by molar-refractivity contribution is 7.73. The number of hydrogen-bond acceptors (Lipinski definition) is 29. The van der Waals surface area contributed by atoms with Crippen LogP contribution >= 0.6 is 15.2 Å². The van der Waals surface area contributed by atoms with Gasteiger partial charge in [0.15, 0.2) is 0 Å². The molecule has 0 fully saturated rings. The van der Waals surface area contributed by atoms with Crippen LogP contribution in [0.15, 0.2) is 121 Å². The van der Waals surface area contributed by atoms with Crippen LogP contribution in [0.2, 0.25) is 0 Å². The largest absolute Gasteiger partial charge is 0.463 e. The molecule has 0 aromatic heterocycles. The van der Waals surface area contributed by atoms with E-state index in [1.165, 1.54) is 41.5 Å². The molecule has 0 saturated heterocycles. The zero-order valence-electron chi connectivity index (χ0n) is 62.3. The zero-order chi connectivity index (χ0) is 80.6. The van der Waals surface area contributed by atoms with Crippen molar-refractivity contribution in [2.75, 3.05) is 46.2 Å². The van der Waals surface area contributed by atoms with Crippen LogP contribution in [-0.2, 0) is 125 Å². The van der Waals surface area contributed by atoms with Crippen LogP contribution in [-0.4, -0.2) is 174 Å². The topological polar surface area (TPSA) is 474 Å². The van der Waals surface area contributed by atoms with Crippen LogP contribution in [0.25, 0.3) is 0 Å². The molecule has 0 bridgehead atoms. The number of carbonyl (C=O) groups is 10. The molecule has 4 amide bonds. The number of aliphatic hydroxyl groups excluding tert-OH is 3. The summed E-state index contributed by atoms with van der Waals surface area (Å²) in [5, 5.41) is 51.7. The Bertz CT molecular complexity index is 3540. The number of rotatable bonds is 44. The molecule has 0 aliphatic heterocycles. The Balaban J connectivity index is 1.62. The normalized spacial score (nSPS) is 15.1. The zero-order valence-corrected chi connectivity index (χ0v) is 64.1. The second kappa shape index (κ2) is 43.2. The minimum atomic E-state index is -6.78. The van der Waals surface area contributed by atoms with Gasteiger partial charge in [0.1, 0.15) is 44.6 Å². The van der Waals surface area contributed by atoms with Crippen LogP contribution in [0.3, 0.4) is 0 Å². The van der Waals surface area contributed by atoms with Gasteiger partial charge in [0.25, 0.3) is 24.0 Å². The van der Waals surface area contributed by atoms with Gasteiger partial charge in [-0.2, -0.15) is 0 Å². The fourth-order valence-electron chi connectivity index (χ4n) is 8.90. The van der Waals surface area contributed by atoms with Gasteiger partial charge in [-0.15, -0.1) is 0 Å². The van der Waals surface area contributed by atoms with Crippen molar-refractivity contribution in [3.63, 3.8) is 0 Å². The Hall–Kier alpha value is -9.08. The molecule has 36 heteroatoms. The predicted octanol–water partition coefficient (Wildman–Crippen LogP) is 7.91. The van der Waals surface area contributed by atoms with E-state index in [0.717, 1.165) is 0 Å². The summed E-state index contributed by atoms with van der Waals surface area (Å²) in [6.45, 7) is 12.4. The number of nitrogens with one attached hydrogen (secondary N) is 4. The number of benzene rings is 4. The SMILES string of the molecule is CC(C)[C@H](NC(=O)OCc1ccccc1)C(=O)OCC(C)(C)COC(=O)C(O)OP(=O)(O)C(O)(CCCNC(=O)OCc1ccccc1)P(=O)(OC(O)C(=O)OCC(C)(C)COC(=O)[C@@H](NC(=O)OCc1ccccc1)C(C)C)OC(O)C(=O)OCC(C)(C)COC(=O)[C@@H](NC(=O)OCc1ccccc1)C(C)C. The number of carbonyl (C=O) groups excluding carboxylic acids is 10. The fraction of sp³-hybridized carbons (Fsp3) is 0.528. The smallest absolute Gasteiger partial charge is 0.408 e. The molecule has 0 heterocycles. The number of amides is 4. The van der Waals surface area contributed by atoms with Crippen LogP contribution < -0.4 is 21.3 Å². The second-order valence-electron chi connectivity index (χ2n) is 28.2. The third-order valence-electron chi connectivity index (χ3n) is 15.2. The summed E-state index contributed by atoms with van der Waals surface area (Å²) in [7, 11) is -13.5. The minimum Gasteiger partial charge on any atom is -0.463 e. The summed E-state index contributed by atoms with van der Waals surface area (Å²) in [6.07, 6.45) is -16.4. The van der Waals surface area contributed by atoms with E-state index in [1.807, 2.05) is 0 Å². The lowest BCUT2D eigenvalue weighted by atomic mass is 9.96. The lowest BCUT2D eigenvalue weighted by molar-refractivity contribution is -0.182. The van der Waals surface area contributed by atoms with Crippen LogP contribution in [0.5, 0.6) is 0 Å². The summed E-state index contributed by atoms with van der Waals surface area (Å²) in [6, 6.07) is 30.4. The molecule has 4 aromatic rings. The van der Waals surface area contributed by atoms with Crippen molar-refractivity contribution in [2.24, 2.45) is 34.0 Å². The maximum atomic E-state index is 15.6. The summed E-state index contributed by atoms with van der Waals surface area (Å²) < 4.78 is 98.4. The molecule has 0 aliphatic carbocycles. The number of alkyl carbamates (subject to hydrolysis) is 4. The molecule has 0 spiro atoms. The van der Waals surface area contributed by atoms with Crippen molar-refractivity contribution in [1.82, 2.24) is 21.3 Å². The van der Waals surface area contributed by atoms with E-state index in [9.17, 15) is 77.8 Å². The number of hydrogen-bond donors (Lipinski definition) is 9. The van der Waals surface area contributed by atoms with Gasteiger partial charge in [0, 0.05) is 29.2 Å². The van der Waals surface area contributed by atoms with Gasteiger partial charge in [-0.3, -0.25) is 22.7 Å². The Morgan fingerprint density at radius 3 is 0.870 bits per heavy atom. The van der Waals surface area contributed by atoms with E-state index in [-0.39, 0.29) is 26.4 Å². The Morgan fingerprint density at radius 2 is 0.611 bits per heavy atom. The summed E-state index contributed by atoms with van der Waals surface area (Å²) in [5.74, 6) is -10.4. The third-order valence-corrected chi connectivity index (χ3v) is 20.4. The molecule has 4 aromatic carbocycles. The molecule has 0 saturated carbocycles. The average Bonchev–Trinajstić information content (AvgIpc) is 0.739. The Labute approximate surface area is 625 Å². The van der Waals surface area contributed by atoms with Crippen molar-refractivity contribution in [3.05, 3.63) is 144 Å². The Kier molecular flexibility index (Phi) is 36.5. The molecule has 34 nitrogen and oxygen atoms in total. The first-order valence-corrected chi connectivity index (χ1v) is 37.3. The van der Waals surface area contributed by atoms with Gasteiger partial charge in [-0.05, 0) is 46.4 Å². The van der Waals surface area contributed by atoms with Crippen molar-refractivity contribution < 1.29 is 143 Å². The summed E-state index contributed by atoms with van der Waals surface area (Å²) >= 11 is 0. The van der Waals surface area contributed by atoms with Gasteiger partial charge < -0.3 is 94.0 Å². The van der Waals surface area contributed by atoms with Crippen molar-refractivity contribution in [1.29, 1.82) is 0 Å². The van der Waals surface area contributed by atoms with E-state index in [2.05, 4.69) is 21.3 Å². The maximum absolute atomic E-state index is 15.6. The van der Waals surface area contributed by atoms with Gasteiger partial charge in [0.2, 0.25) is 0 Å². The van der Waals surface area contributed by atoms with Crippen molar-refractivity contribution in [2.45, 2.75) is 164 Å². The van der Waals surface area contributed by atoms with E-state index >= 15 is 4.57 Å². The first-order chi connectivity index (χ1) is 50.6. The quantitative estimate of drug-likeness (QED) is 0.00667. The molecule has 8 atom stereocenters. The lowest BCUT2D eigenvalue weighted by Crippen LogP contribution is -2.46. The maximum Gasteiger partial charge on any atom is 0.408 e. The van der Waals surface area contributed by atoms with Gasteiger partial charge in [-0.25, -0.2) is 47.9 Å². The molecule has 108 heavy (non-hydrogen) atoms. The average molecular weight is 1560 g/mol. The lowest BCUT2D eigenvalue weighted by Gasteiger charge is -2.38. The first kappa shape index (κ1) is 91.3. The number of aliphatic hydroxyl groups is 4. The minimum absolute atomic E-state index is 0.123. The fourth-order valence-corrected chi connectivity index (χ4v) is 13.1. The molecule has 0 radical (unpaired) electrons. The van der Waals surface area contributed by atoms with E-state index < -0.39 is 210 Å². The third kappa shape index (κ3) is 31.6. The molecular weight excluding hydrogens is 1460 g/mol. The van der Waals surface area contributed by atoms with Crippen molar-refractivity contribution >= 4 is 75.4 Å². The van der Waals surface area contributed by atoms with Crippen LogP contribution in [0, 0.1) is 34.0 Å². The second-order valence-corrected chi connectivity index (χ2v) is 32.7. The van der Waals surface area contributed by atoms with E-state index in [1.54, 1.807) is 163 Å².